The first-order valence-electron chi connectivity index (χ1n) is 8.87. The fourth-order valence-electron chi connectivity index (χ4n) is 3.36. The fourth-order valence-corrected chi connectivity index (χ4v) is 4.42. The molecule has 0 unspecified atom stereocenters. The fraction of sp³-hybridized carbons (Fsp3) is 0.286. The molecular formula is C21H22N2O2S. The van der Waals surface area contributed by atoms with E-state index in [-0.39, 0.29) is 5.91 Å². The van der Waals surface area contributed by atoms with E-state index in [0.717, 1.165) is 41.3 Å². The van der Waals surface area contributed by atoms with E-state index in [2.05, 4.69) is 35.2 Å². The van der Waals surface area contributed by atoms with E-state index in [1.807, 2.05) is 36.2 Å². The van der Waals surface area contributed by atoms with E-state index in [1.54, 1.807) is 11.3 Å². The first kappa shape index (κ1) is 17.1. The van der Waals surface area contributed by atoms with E-state index in [1.165, 1.54) is 11.3 Å². The zero-order valence-electron chi connectivity index (χ0n) is 14.9. The third-order valence-corrected chi connectivity index (χ3v) is 5.84. The molecule has 26 heavy (non-hydrogen) atoms. The van der Waals surface area contributed by atoms with Gasteiger partial charge in [0.2, 0.25) is 0 Å². The lowest BCUT2D eigenvalue weighted by Gasteiger charge is -2.31. The van der Waals surface area contributed by atoms with Crippen LogP contribution in [0.15, 0.2) is 54.6 Å². The first-order chi connectivity index (χ1) is 12.7. The van der Waals surface area contributed by atoms with Gasteiger partial charge in [-0.15, -0.1) is 11.3 Å². The molecule has 0 saturated carbocycles. The summed E-state index contributed by atoms with van der Waals surface area (Å²) in [7, 11) is 1.88. The molecule has 0 bridgehead atoms. The second-order valence-corrected chi connectivity index (χ2v) is 7.62. The number of morpholine rings is 1. The molecule has 1 fully saturated rings. The summed E-state index contributed by atoms with van der Waals surface area (Å²) in [6.45, 7) is 3.90. The van der Waals surface area contributed by atoms with Gasteiger partial charge in [0.1, 0.15) is 0 Å². The topological polar surface area (TPSA) is 32.8 Å². The third kappa shape index (κ3) is 3.45. The van der Waals surface area contributed by atoms with Gasteiger partial charge in [0.05, 0.1) is 18.1 Å². The number of ether oxygens (including phenoxy) is 1. The van der Waals surface area contributed by atoms with Crippen LogP contribution in [0.4, 0.5) is 5.69 Å². The highest BCUT2D eigenvalue weighted by atomic mass is 32.1. The second kappa shape index (κ2) is 7.48. The maximum absolute atomic E-state index is 12.9. The molecule has 134 valence electrons. The molecule has 2 heterocycles. The largest absolute Gasteiger partial charge is 0.378 e. The summed E-state index contributed by atoms with van der Waals surface area (Å²) >= 11 is 1.56. The van der Waals surface area contributed by atoms with E-state index in [9.17, 15) is 4.79 Å². The molecule has 0 N–H and O–H groups in total. The van der Waals surface area contributed by atoms with Gasteiger partial charge in [0, 0.05) is 37.1 Å². The van der Waals surface area contributed by atoms with Crippen LogP contribution < -0.4 is 4.90 Å². The van der Waals surface area contributed by atoms with Gasteiger partial charge in [-0.2, -0.15) is 0 Å². The Balaban J connectivity index is 1.54. The van der Waals surface area contributed by atoms with Crippen molar-refractivity contribution in [3.05, 3.63) is 65.0 Å². The average molecular weight is 366 g/mol. The van der Waals surface area contributed by atoms with Crippen LogP contribution in [0.3, 0.4) is 0 Å². The van der Waals surface area contributed by atoms with Crippen molar-refractivity contribution in [3.63, 3.8) is 0 Å². The van der Waals surface area contributed by atoms with Crippen LogP contribution >= 0.6 is 11.3 Å². The van der Waals surface area contributed by atoms with E-state index >= 15 is 0 Å². The molecule has 5 heteroatoms. The van der Waals surface area contributed by atoms with E-state index in [0.29, 0.717) is 6.54 Å². The molecule has 0 radical (unpaired) electrons. The summed E-state index contributed by atoms with van der Waals surface area (Å²) in [6, 6.07) is 18.5. The summed E-state index contributed by atoms with van der Waals surface area (Å²) in [6.07, 6.45) is 0. The minimum atomic E-state index is 0.0722. The van der Waals surface area contributed by atoms with Crippen LogP contribution in [0.1, 0.15) is 15.2 Å². The summed E-state index contributed by atoms with van der Waals surface area (Å²) in [4.78, 5) is 17.9. The van der Waals surface area contributed by atoms with Gasteiger partial charge in [-0.1, -0.05) is 36.4 Å². The van der Waals surface area contributed by atoms with Gasteiger partial charge in [-0.05, 0) is 29.1 Å². The predicted molar refractivity (Wildman–Crippen MR) is 107 cm³/mol. The van der Waals surface area contributed by atoms with E-state index in [4.69, 9.17) is 4.74 Å². The minimum Gasteiger partial charge on any atom is -0.378 e. The molecule has 0 aliphatic carbocycles. The zero-order valence-corrected chi connectivity index (χ0v) is 15.7. The number of para-hydroxylation sites is 1. The van der Waals surface area contributed by atoms with Crippen LogP contribution in [0.25, 0.3) is 10.1 Å². The minimum absolute atomic E-state index is 0.0722. The Labute approximate surface area is 157 Å². The number of rotatable bonds is 4. The van der Waals surface area contributed by atoms with Gasteiger partial charge < -0.3 is 14.5 Å². The number of thiophene rings is 1. The SMILES string of the molecule is CN(Cc1ccccc1N1CCOCC1)C(=O)c1cc2ccccc2s1. The highest BCUT2D eigenvalue weighted by Gasteiger charge is 2.19. The highest BCUT2D eigenvalue weighted by molar-refractivity contribution is 7.20. The van der Waals surface area contributed by atoms with Crippen molar-refractivity contribution in [2.75, 3.05) is 38.3 Å². The third-order valence-electron chi connectivity index (χ3n) is 4.73. The second-order valence-electron chi connectivity index (χ2n) is 6.54. The molecule has 0 atom stereocenters. The highest BCUT2D eigenvalue weighted by Crippen LogP contribution is 2.27. The maximum atomic E-state index is 12.9. The molecule has 4 nitrogen and oxygen atoms in total. The number of benzene rings is 2. The lowest BCUT2D eigenvalue weighted by atomic mass is 10.1. The number of amides is 1. The predicted octanol–water partition coefficient (Wildman–Crippen LogP) is 4.01. The van der Waals surface area contributed by atoms with Crippen molar-refractivity contribution < 1.29 is 9.53 Å². The molecule has 1 saturated heterocycles. The van der Waals surface area contributed by atoms with E-state index < -0.39 is 0 Å². The molecular weight excluding hydrogens is 344 g/mol. The molecule has 4 rings (SSSR count). The number of hydrogen-bond acceptors (Lipinski definition) is 4. The number of nitrogens with zero attached hydrogens (tertiary/aromatic N) is 2. The molecule has 2 aromatic carbocycles. The van der Waals surface area contributed by atoms with Crippen molar-refractivity contribution in [1.82, 2.24) is 4.90 Å². The van der Waals surface area contributed by atoms with Crippen molar-refractivity contribution in [3.8, 4) is 0 Å². The standard InChI is InChI=1S/C21H22N2O2S/c1-22(21(24)20-14-16-6-3-5-9-19(16)26-20)15-17-7-2-4-8-18(17)23-10-12-25-13-11-23/h2-9,14H,10-13,15H2,1H3. The van der Waals surface area contributed by atoms with Crippen LogP contribution in [0.5, 0.6) is 0 Å². The van der Waals surface area contributed by atoms with Crippen LogP contribution in [0.2, 0.25) is 0 Å². The smallest absolute Gasteiger partial charge is 0.264 e. The van der Waals surface area contributed by atoms with Crippen molar-refractivity contribution in [2.24, 2.45) is 0 Å². The molecule has 1 aliphatic heterocycles. The normalized spacial score (nSPS) is 14.6. The Hall–Kier alpha value is -2.37. The summed E-state index contributed by atoms with van der Waals surface area (Å²) < 4.78 is 6.61. The Bertz CT molecular complexity index is 882. The lowest BCUT2D eigenvalue weighted by molar-refractivity contribution is 0.0789. The van der Waals surface area contributed by atoms with Crippen LogP contribution in [-0.2, 0) is 11.3 Å². The molecule has 1 amide bonds. The number of carbonyl (C=O) groups is 1. The van der Waals surface area contributed by atoms with Gasteiger partial charge in [0.15, 0.2) is 0 Å². The van der Waals surface area contributed by atoms with Gasteiger partial charge in [-0.25, -0.2) is 0 Å². The molecule has 3 aromatic rings. The lowest BCUT2D eigenvalue weighted by Crippen LogP contribution is -2.37. The Morgan fingerprint density at radius 1 is 1.12 bits per heavy atom. The van der Waals surface area contributed by atoms with Crippen molar-refractivity contribution >= 4 is 33.0 Å². The Morgan fingerprint density at radius 2 is 1.85 bits per heavy atom. The summed E-state index contributed by atoms with van der Waals surface area (Å²) in [5.74, 6) is 0.0722. The van der Waals surface area contributed by atoms with Crippen LogP contribution in [-0.4, -0.2) is 44.2 Å². The zero-order chi connectivity index (χ0) is 17.9. The van der Waals surface area contributed by atoms with Crippen LogP contribution in [0, 0.1) is 0 Å². The average Bonchev–Trinajstić information content (AvgIpc) is 3.12. The number of anilines is 1. The number of hydrogen-bond donors (Lipinski definition) is 0. The number of fused-ring (bicyclic) bond motifs is 1. The Kier molecular flexibility index (Phi) is 4.91. The quantitative estimate of drug-likeness (QED) is 0.699. The first-order valence-corrected chi connectivity index (χ1v) is 9.68. The monoisotopic (exact) mass is 366 g/mol. The Morgan fingerprint density at radius 3 is 2.65 bits per heavy atom. The maximum Gasteiger partial charge on any atom is 0.264 e. The van der Waals surface area contributed by atoms with Crippen molar-refractivity contribution in [2.45, 2.75) is 6.54 Å². The van der Waals surface area contributed by atoms with Gasteiger partial charge in [0.25, 0.3) is 5.91 Å². The summed E-state index contributed by atoms with van der Waals surface area (Å²) in [5, 5.41) is 1.13. The summed E-state index contributed by atoms with van der Waals surface area (Å²) in [5.41, 5.74) is 2.37. The van der Waals surface area contributed by atoms with Gasteiger partial charge >= 0.3 is 0 Å². The van der Waals surface area contributed by atoms with Crippen molar-refractivity contribution in [1.29, 1.82) is 0 Å². The van der Waals surface area contributed by atoms with Gasteiger partial charge in [-0.3, -0.25) is 4.79 Å². The number of carbonyl (C=O) groups excluding carboxylic acids is 1. The molecule has 1 aromatic heterocycles. The molecule has 1 aliphatic rings. The molecule has 0 spiro atoms.